The molecule has 1 unspecified atom stereocenters. The number of amides is 1. The number of anilines is 2. The van der Waals surface area contributed by atoms with Crippen LogP contribution in [0.2, 0.25) is 0 Å². The van der Waals surface area contributed by atoms with Crippen molar-refractivity contribution in [1.29, 1.82) is 0 Å². The molecule has 0 aliphatic carbocycles. The van der Waals surface area contributed by atoms with Crippen molar-refractivity contribution in [2.45, 2.75) is 58.9 Å². The SMILES string of the molecule is CC(=O)N1c2c(c(-c3cc(C)cc(C)c3)nn(-c3cc(N4CC[C@H](O)C4)ccc3C(F)(F)F)c2=O)CC1C. The number of aryl methyl sites for hydroxylation is 2. The minimum absolute atomic E-state index is 0.0595. The lowest BCUT2D eigenvalue weighted by Gasteiger charge is -2.23. The van der Waals surface area contributed by atoms with Crippen LogP contribution in [0.4, 0.5) is 24.5 Å². The second-order valence-corrected chi connectivity index (χ2v) is 10.3. The number of hydrogen-bond donors (Lipinski definition) is 1. The second kappa shape index (κ2) is 9.27. The number of β-amino-alcohol motifs (C(OH)–C–C–N with tert-alkyl or cyclic N) is 1. The second-order valence-electron chi connectivity index (χ2n) is 10.3. The van der Waals surface area contributed by atoms with Crippen LogP contribution in [0.25, 0.3) is 16.9 Å². The molecule has 1 amide bonds. The standard InChI is InChI=1S/C28H29F3N4O3/c1-15-9-16(2)11-19(10-15)25-22-12-17(3)34(18(4)36)26(22)27(38)35(32-25)24-13-20(33-8-7-21(37)14-33)5-6-23(24)28(29,30)31/h5-6,9-11,13,17,21,37H,7-8,12,14H2,1-4H3/t17?,21-/m0/s1. The zero-order valence-corrected chi connectivity index (χ0v) is 21.6. The largest absolute Gasteiger partial charge is 0.418 e. The normalized spacial score (nSPS) is 19.3. The summed E-state index contributed by atoms with van der Waals surface area (Å²) >= 11 is 0. The molecule has 0 radical (unpaired) electrons. The lowest BCUT2D eigenvalue weighted by molar-refractivity contribution is -0.137. The maximum absolute atomic E-state index is 14.2. The van der Waals surface area contributed by atoms with E-state index in [1.54, 1.807) is 11.8 Å². The third-order valence-corrected chi connectivity index (χ3v) is 7.23. The summed E-state index contributed by atoms with van der Waals surface area (Å²) in [5.41, 5.74) is 1.76. The number of benzene rings is 2. The van der Waals surface area contributed by atoms with E-state index in [-0.39, 0.29) is 24.2 Å². The summed E-state index contributed by atoms with van der Waals surface area (Å²) in [7, 11) is 0. The molecular weight excluding hydrogens is 497 g/mol. The highest BCUT2D eigenvalue weighted by atomic mass is 19.4. The van der Waals surface area contributed by atoms with Crippen molar-refractivity contribution < 1.29 is 23.1 Å². The number of halogens is 3. The third kappa shape index (κ3) is 4.47. The summed E-state index contributed by atoms with van der Waals surface area (Å²) in [6, 6.07) is 8.95. The first-order chi connectivity index (χ1) is 17.8. The molecule has 3 aromatic rings. The van der Waals surface area contributed by atoms with Gasteiger partial charge in [-0.15, -0.1) is 0 Å². The summed E-state index contributed by atoms with van der Waals surface area (Å²) in [5, 5.41) is 14.5. The number of aliphatic hydroxyl groups is 1. The number of carbonyl (C=O) groups is 1. The van der Waals surface area contributed by atoms with Crippen molar-refractivity contribution in [2.24, 2.45) is 0 Å². The maximum atomic E-state index is 14.2. The molecule has 10 heteroatoms. The van der Waals surface area contributed by atoms with Crippen molar-refractivity contribution in [3.8, 4) is 16.9 Å². The summed E-state index contributed by atoms with van der Waals surface area (Å²) in [6.45, 7) is 7.71. The molecule has 200 valence electrons. The highest BCUT2D eigenvalue weighted by molar-refractivity contribution is 5.95. The molecule has 7 nitrogen and oxygen atoms in total. The quantitative estimate of drug-likeness (QED) is 0.547. The molecule has 2 aliphatic heterocycles. The predicted octanol–water partition coefficient (Wildman–Crippen LogP) is 4.40. The molecule has 2 aromatic carbocycles. The van der Waals surface area contributed by atoms with Crippen molar-refractivity contribution in [3.63, 3.8) is 0 Å². The first-order valence-corrected chi connectivity index (χ1v) is 12.5. The van der Waals surface area contributed by atoms with E-state index >= 15 is 0 Å². The molecule has 5 rings (SSSR count). The van der Waals surface area contributed by atoms with E-state index < -0.39 is 29.1 Å². The van der Waals surface area contributed by atoms with Crippen LogP contribution in [0.1, 0.15) is 42.5 Å². The minimum atomic E-state index is -4.76. The van der Waals surface area contributed by atoms with Gasteiger partial charge >= 0.3 is 6.18 Å². The van der Waals surface area contributed by atoms with Gasteiger partial charge < -0.3 is 14.9 Å². The lowest BCUT2D eigenvalue weighted by Crippen LogP contribution is -2.38. The Balaban J connectivity index is 1.83. The van der Waals surface area contributed by atoms with Crippen LogP contribution in [0.15, 0.2) is 41.2 Å². The van der Waals surface area contributed by atoms with Gasteiger partial charge in [0.15, 0.2) is 0 Å². The van der Waals surface area contributed by atoms with E-state index in [2.05, 4.69) is 5.10 Å². The van der Waals surface area contributed by atoms with E-state index in [4.69, 9.17) is 0 Å². The smallest absolute Gasteiger partial charge is 0.391 e. The van der Waals surface area contributed by atoms with Crippen molar-refractivity contribution >= 4 is 17.3 Å². The first kappa shape index (κ1) is 26.0. The number of aromatic nitrogens is 2. The summed E-state index contributed by atoms with van der Waals surface area (Å²) in [4.78, 5) is 29.6. The lowest BCUT2D eigenvalue weighted by atomic mass is 9.99. The van der Waals surface area contributed by atoms with Gasteiger partial charge in [0.05, 0.1) is 23.0 Å². The van der Waals surface area contributed by atoms with E-state index in [1.807, 2.05) is 32.0 Å². The molecule has 38 heavy (non-hydrogen) atoms. The Kier molecular flexibility index (Phi) is 6.33. The maximum Gasteiger partial charge on any atom is 0.418 e. The Hall–Kier alpha value is -3.66. The van der Waals surface area contributed by atoms with Gasteiger partial charge in [0.2, 0.25) is 5.91 Å². The molecule has 1 saturated heterocycles. The number of alkyl halides is 3. The zero-order chi connectivity index (χ0) is 27.5. The highest BCUT2D eigenvalue weighted by Crippen LogP contribution is 2.39. The van der Waals surface area contributed by atoms with E-state index in [1.165, 1.54) is 24.0 Å². The first-order valence-electron chi connectivity index (χ1n) is 12.5. The fourth-order valence-corrected chi connectivity index (χ4v) is 5.68. The van der Waals surface area contributed by atoms with E-state index in [9.17, 15) is 27.9 Å². The van der Waals surface area contributed by atoms with Crippen LogP contribution >= 0.6 is 0 Å². The van der Waals surface area contributed by atoms with Crippen LogP contribution in [-0.4, -0.2) is 46.0 Å². The number of rotatable bonds is 3. The van der Waals surface area contributed by atoms with Gasteiger partial charge in [0.1, 0.15) is 5.69 Å². The van der Waals surface area contributed by atoms with Gasteiger partial charge in [0, 0.05) is 42.9 Å². The van der Waals surface area contributed by atoms with Gasteiger partial charge in [-0.3, -0.25) is 9.59 Å². The van der Waals surface area contributed by atoms with E-state index in [0.29, 0.717) is 41.9 Å². The molecule has 0 saturated carbocycles. The number of carbonyl (C=O) groups excluding carboxylic acids is 1. The van der Waals surface area contributed by atoms with Crippen LogP contribution in [-0.2, 0) is 17.4 Å². The fraction of sp³-hybridized carbons (Fsp3) is 0.393. The van der Waals surface area contributed by atoms with E-state index in [0.717, 1.165) is 21.9 Å². The van der Waals surface area contributed by atoms with Gasteiger partial charge in [-0.05, 0) is 63.9 Å². The molecule has 1 N–H and O–H groups in total. The predicted molar refractivity (Wildman–Crippen MR) is 139 cm³/mol. The summed E-state index contributed by atoms with van der Waals surface area (Å²) in [6.07, 6.45) is -4.48. The minimum Gasteiger partial charge on any atom is -0.391 e. The molecule has 0 bridgehead atoms. The molecule has 2 atom stereocenters. The number of aliphatic hydroxyl groups excluding tert-OH is 1. The Morgan fingerprint density at radius 2 is 1.79 bits per heavy atom. The highest BCUT2D eigenvalue weighted by Gasteiger charge is 2.39. The molecule has 2 aliphatic rings. The number of hydrogen-bond acceptors (Lipinski definition) is 5. The Morgan fingerprint density at radius 3 is 2.37 bits per heavy atom. The Morgan fingerprint density at radius 1 is 1.11 bits per heavy atom. The van der Waals surface area contributed by atoms with Crippen LogP contribution in [0, 0.1) is 13.8 Å². The fourth-order valence-electron chi connectivity index (χ4n) is 5.68. The van der Waals surface area contributed by atoms with Crippen LogP contribution in [0.5, 0.6) is 0 Å². The monoisotopic (exact) mass is 526 g/mol. The van der Waals surface area contributed by atoms with Gasteiger partial charge in [0.25, 0.3) is 5.56 Å². The third-order valence-electron chi connectivity index (χ3n) is 7.23. The van der Waals surface area contributed by atoms with Crippen LogP contribution in [0.3, 0.4) is 0 Å². The zero-order valence-electron chi connectivity index (χ0n) is 21.6. The number of nitrogens with zero attached hydrogens (tertiary/aromatic N) is 4. The molecule has 1 aromatic heterocycles. The summed E-state index contributed by atoms with van der Waals surface area (Å²) in [5.74, 6) is -0.367. The van der Waals surface area contributed by atoms with Crippen molar-refractivity contribution in [1.82, 2.24) is 9.78 Å². The molecule has 1 fully saturated rings. The molecule has 0 spiro atoms. The van der Waals surface area contributed by atoms with Crippen molar-refractivity contribution in [2.75, 3.05) is 22.9 Å². The Labute approximate surface area is 218 Å². The average molecular weight is 527 g/mol. The molecule has 3 heterocycles. The van der Waals surface area contributed by atoms with Crippen LogP contribution < -0.4 is 15.4 Å². The van der Waals surface area contributed by atoms with Gasteiger partial charge in [-0.2, -0.15) is 23.0 Å². The average Bonchev–Trinajstić information content (AvgIpc) is 3.41. The molecular formula is C28H29F3N4O3. The van der Waals surface area contributed by atoms with Gasteiger partial charge in [-0.25, -0.2) is 0 Å². The van der Waals surface area contributed by atoms with Gasteiger partial charge in [-0.1, -0.05) is 17.2 Å². The number of fused-ring (bicyclic) bond motifs is 1. The summed E-state index contributed by atoms with van der Waals surface area (Å²) < 4.78 is 43.5. The van der Waals surface area contributed by atoms with Crippen molar-refractivity contribution in [3.05, 3.63) is 69.0 Å². The topological polar surface area (TPSA) is 78.7 Å². The Bertz CT molecular complexity index is 1480.